The van der Waals surface area contributed by atoms with E-state index in [4.69, 9.17) is 0 Å². The van der Waals surface area contributed by atoms with Gasteiger partial charge in [-0.25, -0.2) is 0 Å². The second-order valence-corrected chi connectivity index (χ2v) is 6.54. The molecule has 1 heteroatoms. The van der Waals surface area contributed by atoms with E-state index in [-0.39, 0.29) is 0 Å². The fourth-order valence-corrected chi connectivity index (χ4v) is 3.50. The average molecular weight is 303 g/mol. The lowest BCUT2D eigenvalue weighted by molar-refractivity contribution is -0.951. The van der Waals surface area contributed by atoms with Crippen LogP contribution in [0.1, 0.15) is 70.9 Å². The van der Waals surface area contributed by atoms with Crippen LogP contribution < -0.4 is 0 Å². The van der Waals surface area contributed by atoms with Crippen molar-refractivity contribution >= 4 is 0 Å². The predicted molar refractivity (Wildman–Crippen MR) is 99.0 cm³/mol. The molecule has 1 atom stereocenters. The van der Waals surface area contributed by atoms with Gasteiger partial charge < -0.3 is 4.48 Å². The Morgan fingerprint density at radius 2 is 1.32 bits per heavy atom. The molecule has 0 bridgehead atoms. The SMILES string of the molecule is C=CC(c1ccccc1)[N+](CCCC)(CCCC)CCCC. The van der Waals surface area contributed by atoms with Crippen LogP contribution in [0.2, 0.25) is 0 Å². The summed E-state index contributed by atoms with van der Waals surface area (Å²) < 4.78 is 1.20. The van der Waals surface area contributed by atoms with Crippen LogP contribution in [-0.2, 0) is 0 Å². The van der Waals surface area contributed by atoms with Gasteiger partial charge in [-0.15, -0.1) is 0 Å². The van der Waals surface area contributed by atoms with E-state index in [0.29, 0.717) is 6.04 Å². The van der Waals surface area contributed by atoms with E-state index in [9.17, 15) is 0 Å². The highest BCUT2D eigenvalue weighted by atomic mass is 15.4. The molecule has 124 valence electrons. The molecular formula is C21H36N+. The van der Waals surface area contributed by atoms with E-state index < -0.39 is 0 Å². The molecule has 0 aliphatic heterocycles. The Labute approximate surface area is 138 Å². The van der Waals surface area contributed by atoms with Gasteiger partial charge in [-0.05, 0) is 25.3 Å². The van der Waals surface area contributed by atoms with Crippen LogP contribution in [0.5, 0.6) is 0 Å². The molecule has 0 spiro atoms. The van der Waals surface area contributed by atoms with Crippen LogP contribution in [0, 0.1) is 0 Å². The van der Waals surface area contributed by atoms with Crippen molar-refractivity contribution in [3.8, 4) is 0 Å². The van der Waals surface area contributed by atoms with Crippen LogP contribution in [-0.4, -0.2) is 24.1 Å². The molecule has 0 heterocycles. The Bertz CT molecular complexity index is 374. The minimum absolute atomic E-state index is 0.436. The van der Waals surface area contributed by atoms with Crippen LogP contribution in [0.3, 0.4) is 0 Å². The van der Waals surface area contributed by atoms with Gasteiger partial charge in [-0.3, -0.25) is 0 Å². The molecule has 1 aromatic rings. The van der Waals surface area contributed by atoms with Gasteiger partial charge in [0.15, 0.2) is 0 Å². The second-order valence-electron chi connectivity index (χ2n) is 6.54. The highest BCUT2D eigenvalue weighted by Gasteiger charge is 2.34. The monoisotopic (exact) mass is 302 g/mol. The van der Waals surface area contributed by atoms with Gasteiger partial charge >= 0.3 is 0 Å². The third-order valence-electron chi connectivity index (χ3n) is 4.83. The number of hydrogen-bond donors (Lipinski definition) is 0. The molecule has 0 aliphatic carbocycles. The van der Waals surface area contributed by atoms with Crippen LogP contribution in [0.4, 0.5) is 0 Å². The highest BCUT2D eigenvalue weighted by molar-refractivity contribution is 5.20. The largest absolute Gasteiger partial charge is 0.314 e. The molecule has 0 N–H and O–H groups in total. The normalized spacial score (nSPS) is 13.0. The zero-order valence-electron chi connectivity index (χ0n) is 15.1. The second kappa shape index (κ2) is 10.6. The lowest BCUT2D eigenvalue weighted by Gasteiger charge is -2.44. The summed E-state index contributed by atoms with van der Waals surface area (Å²) in [5.41, 5.74) is 1.43. The van der Waals surface area contributed by atoms with E-state index in [0.717, 1.165) is 0 Å². The Morgan fingerprint density at radius 1 is 0.864 bits per heavy atom. The molecule has 1 aromatic carbocycles. The van der Waals surface area contributed by atoms with E-state index in [1.54, 1.807) is 0 Å². The third kappa shape index (κ3) is 5.28. The summed E-state index contributed by atoms with van der Waals surface area (Å²) in [6, 6.07) is 11.4. The molecular weight excluding hydrogens is 266 g/mol. The highest BCUT2D eigenvalue weighted by Crippen LogP contribution is 2.32. The van der Waals surface area contributed by atoms with Crippen LogP contribution >= 0.6 is 0 Å². The first-order valence-electron chi connectivity index (χ1n) is 9.27. The van der Waals surface area contributed by atoms with Crippen LogP contribution in [0.25, 0.3) is 0 Å². The Morgan fingerprint density at radius 3 is 1.68 bits per heavy atom. The maximum Gasteiger partial charge on any atom is 0.133 e. The summed E-state index contributed by atoms with van der Waals surface area (Å²) in [7, 11) is 0. The molecule has 0 saturated carbocycles. The van der Waals surface area contributed by atoms with E-state index in [2.05, 4.69) is 63.8 Å². The van der Waals surface area contributed by atoms with Gasteiger partial charge in [-0.1, -0.05) is 76.9 Å². The standard InChI is InChI=1S/C21H36N/c1-5-9-17-22(18-10-6-2,19-11-7-3)21(8-4)20-15-13-12-14-16-20/h8,12-16,21H,4-7,9-11,17-19H2,1-3H3/q+1. The Kier molecular flexibility index (Phi) is 9.15. The minimum atomic E-state index is 0.436. The van der Waals surface area contributed by atoms with Crippen molar-refractivity contribution in [1.29, 1.82) is 0 Å². The Hall–Kier alpha value is -1.08. The van der Waals surface area contributed by atoms with Crippen molar-refractivity contribution in [2.45, 2.75) is 65.3 Å². The van der Waals surface area contributed by atoms with Gasteiger partial charge in [0, 0.05) is 5.56 Å². The molecule has 1 unspecified atom stereocenters. The molecule has 1 nitrogen and oxygen atoms in total. The number of benzene rings is 1. The summed E-state index contributed by atoms with van der Waals surface area (Å²) >= 11 is 0. The third-order valence-corrected chi connectivity index (χ3v) is 4.83. The average Bonchev–Trinajstić information content (AvgIpc) is 2.57. The lowest BCUT2D eigenvalue weighted by Crippen LogP contribution is -2.52. The van der Waals surface area contributed by atoms with E-state index in [1.165, 1.54) is 68.2 Å². The van der Waals surface area contributed by atoms with Crippen molar-refractivity contribution in [3.63, 3.8) is 0 Å². The first-order chi connectivity index (χ1) is 10.7. The molecule has 0 radical (unpaired) electrons. The maximum absolute atomic E-state index is 4.21. The molecule has 22 heavy (non-hydrogen) atoms. The fraction of sp³-hybridized carbons (Fsp3) is 0.619. The summed E-state index contributed by atoms with van der Waals surface area (Å²) in [6.45, 7) is 15.0. The molecule has 0 saturated heterocycles. The summed E-state index contributed by atoms with van der Waals surface area (Å²) in [5.74, 6) is 0. The van der Waals surface area contributed by atoms with E-state index >= 15 is 0 Å². The number of nitrogens with zero attached hydrogens (tertiary/aromatic N) is 1. The minimum Gasteiger partial charge on any atom is -0.314 e. The van der Waals surface area contributed by atoms with Crippen molar-refractivity contribution in [2.75, 3.05) is 19.6 Å². The van der Waals surface area contributed by atoms with Crippen molar-refractivity contribution in [1.82, 2.24) is 0 Å². The number of unbranched alkanes of at least 4 members (excludes halogenated alkanes) is 3. The number of quaternary nitrogens is 1. The van der Waals surface area contributed by atoms with Gasteiger partial charge in [0.2, 0.25) is 0 Å². The maximum atomic E-state index is 4.21. The Balaban J connectivity index is 3.12. The molecule has 0 amide bonds. The predicted octanol–water partition coefficient (Wildman–Crippen LogP) is 6.13. The van der Waals surface area contributed by atoms with Gasteiger partial charge in [-0.2, -0.15) is 0 Å². The molecule has 1 rings (SSSR count). The van der Waals surface area contributed by atoms with Gasteiger partial charge in [0.05, 0.1) is 19.6 Å². The van der Waals surface area contributed by atoms with Crippen molar-refractivity contribution < 1.29 is 4.48 Å². The number of hydrogen-bond acceptors (Lipinski definition) is 0. The van der Waals surface area contributed by atoms with E-state index in [1.807, 2.05) is 0 Å². The molecule has 0 aromatic heterocycles. The summed E-state index contributed by atoms with van der Waals surface area (Å²) in [4.78, 5) is 0. The fourth-order valence-electron chi connectivity index (χ4n) is 3.50. The van der Waals surface area contributed by atoms with Crippen LogP contribution in [0.15, 0.2) is 43.0 Å². The number of rotatable bonds is 12. The molecule has 0 fully saturated rings. The smallest absolute Gasteiger partial charge is 0.133 e. The lowest BCUT2D eigenvalue weighted by atomic mass is 9.99. The van der Waals surface area contributed by atoms with Crippen molar-refractivity contribution in [2.24, 2.45) is 0 Å². The van der Waals surface area contributed by atoms with Gasteiger partial charge in [0.1, 0.15) is 6.04 Å². The van der Waals surface area contributed by atoms with Crippen molar-refractivity contribution in [3.05, 3.63) is 48.6 Å². The van der Waals surface area contributed by atoms with Gasteiger partial charge in [0.25, 0.3) is 0 Å². The zero-order chi connectivity index (χ0) is 16.3. The molecule has 0 aliphatic rings. The first-order valence-corrected chi connectivity index (χ1v) is 9.27. The first kappa shape index (κ1) is 19.0. The summed E-state index contributed by atoms with van der Waals surface area (Å²) in [6.07, 6.45) is 9.96. The zero-order valence-corrected chi connectivity index (χ0v) is 15.1. The quantitative estimate of drug-likeness (QED) is 0.322. The topological polar surface area (TPSA) is 0 Å². The summed E-state index contributed by atoms with van der Waals surface area (Å²) in [5, 5.41) is 0.